The van der Waals surface area contributed by atoms with Gasteiger partial charge in [-0.3, -0.25) is 32.5 Å². The molecule has 0 aliphatic heterocycles. The van der Waals surface area contributed by atoms with Gasteiger partial charge in [0.15, 0.2) is 6.10 Å². The van der Waals surface area contributed by atoms with E-state index in [-0.39, 0.29) is 19.3 Å². The van der Waals surface area contributed by atoms with Crippen molar-refractivity contribution in [3.63, 3.8) is 0 Å². The third kappa shape index (κ3) is 66.9. The Hall–Kier alpha value is -4.31. The molecule has 520 valence electrons. The quantitative estimate of drug-likeness (QED) is 0.0146. The standard InChI is InChI=1S/C73H122O16P2/c1-4-7-10-13-16-19-22-25-28-30-31-32-33-34-35-37-40-41-44-47-50-53-56-59-71(76)83-62-68(74)63-85-90(79,80)86-64-69(75)65-87-91(81,82)88-67-70(89-73(78)61-58-55-52-49-46-43-38-27-24-21-18-15-12-9-6-3)66-84-72(77)60-57-54-51-48-45-42-39-36-29-26-23-20-17-14-11-8-5-2/h7-8,10-11,16-17,19-20,25-26,28-29,31-32,34-35,39-42,48,51,68-70,74-75H,4-6,9,12-15,18,21-24,27,30,33,36-38,43-47,49-50,52-67H2,1-3H3,(H,79,80)(H,81,82)/b10-7-,11-8-,19-16-,20-17-,28-25-,29-26-,32-31-,35-34-,41-40-,42-39-,51-48-. The average molecular weight is 1320 g/mol. The molecule has 0 rings (SSSR count). The molecule has 0 amide bonds. The summed E-state index contributed by atoms with van der Waals surface area (Å²) in [6, 6.07) is 0. The third-order valence-electron chi connectivity index (χ3n) is 13.9. The molecule has 0 radical (unpaired) electrons. The SMILES string of the molecule is CC/C=C\C/C=C\C/C=C\C/C=C\C/C=C\C/C=C\CCCCCCC(=O)OCC(O)COP(=O)(O)OCC(O)COP(=O)(O)OCC(COC(=O)CCC/C=C\C/C=C\C/C=C\C/C=C\C/C=C\CC)OC(=O)CCCCCCCCCCCCCCCCC. The van der Waals surface area contributed by atoms with Gasteiger partial charge < -0.3 is 34.2 Å². The van der Waals surface area contributed by atoms with Gasteiger partial charge >= 0.3 is 33.6 Å². The Kier molecular flexibility index (Phi) is 62.6. The number of carbonyl (C=O) groups excluding carboxylic acids is 3. The fourth-order valence-electron chi connectivity index (χ4n) is 8.67. The van der Waals surface area contributed by atoms with Crippen molar-refractivity contribution in [2.75, 3.05) is 39.6 Å². The van der Waals surface area contributed by atoms with Gasteiger partial charge in [-0.05, 0) is 109 Å². The van der Waals surface area contributed by atoms with Crippen LogP contribution in [-0.4, -0.2) is 95.9 Å². The minimum Gasteiger partial charge on any atom is -0.463 e. The lowest BCUT2D eigenvalue weighted by molar-refractivity contribution is -0.161. The van der Waals surface area contributed by atoms with Crippen LogP contribution >= 0.6 is 15.6 Å². The second kappa shape index (κ2) is 65.7. The van der Waals surface area contributed by atoms with Gasteiger partial charge in [0.25, 0.3) is 0 Å². The second-order valence-electron chi connectivity index (χ2n) is 22.6. The van der Waals surface area contributed by atoms with Gasteiger partial charge in [0.05, 0.1) is 26.4 Å². The van der Waals surface area contributed by atoms with Crippen molar-refractivity contribution in [1.29, 1.82) is 0 Å². The van der Waals surface area contributed by atoms with Gasteiger partial charge in [0, 0.05) is 19.3 Å². The molecule has 0 saturated heterocycles. The van der Waals surface area contributed by atoms with Crippen LogP contribution in [0.25, 0.3) is 0 Å². The number of hydrogen-bond donors (Lipinski definition) is 4. The van der Waals surface area contributed by atoms with Crippen LogP contribution in [-0.2, 0) is 55.8 Å². The predicted octanol–water partition coefficient (Wildman–Crippen LogP) is 19.2. The lowest BCUT2D eigenvalue weighted by Gasteiger charge is -2.21. The molecular weight excluding hydrogens is 1190 g/mol. The molecule has 0 aromatic heterocycles. The van der Waals surface area contributed by atoms with E-state index in [0.717, 1.165) is 122 Å². The van der Waals surface area contributed by atoms with Crippen LogP contribution in [0.15, 0.2) is 134 Å². The molecular formula is C73H122O16P2. The van der Waals surface area contributed by atoms with Crippen molar-refractivity contribution < 1.29 is 75.8 Å². The summed E-state index contributed by atoms with van der Waals surface area (Å²) in [6.07, 6.45) is 76.5. The zero-order valence-electron chi connectivity index (χ0n) is 56.2. The Balaban J connectivity index is 4.70. The molecule has 0 aliphatic carbocycles. The fraction of sp³-hybridized carbons (Fsp3) is 0.658. The zero-order valence-corrected chi connectivity index (χ0v) is 58.0. The van der Waals surface area contributed by atoms with Gasteiger partial charge in [-0.15, -0.1) is 0 Å². The Morgan fingerprint density at radius 2 is 0.593 bits per heavy atom. The summed E-state index contributed by atoms with van der Waals surface area (Å²) in [4.78, 5) is 58.4. The van der Waals surface area contributed by atoms with E-state index in [9.17, 15) is 43.5 Å². The molecule has 0 spiro atoms. The highest BCUT2D eigenvalue weighted by atomic mass is 31.2. The molecule has 0 aromatic rings. The highest BCUT2D eigenvalue weighted by Gasteiger charge is 2.29. The van der Waals surface area contributed by atoms with Crippen LogP contribution < -0.4 is 0 Å². The first-order valence-electron chi connectivity index (χ1n) is 34.5. The molecule has 91 heavy (non-hydrogen) atoms. The maximum atomic E-state index is 12.9. The van der Waals surface area contributed by atoms with E-state index >= 15 is 0 Å². The van der Waals surface area contributed by atoms with Crippen LogP contribution in [0.1, 0.15) is 252 Å². The normalized spacial score (nSPS) is 15.0. The molecule has 0 aliphatic rings. The van der Waals surface area contributed by atoms with E-state index < -0.39 is 91.5 Å². The van der Waals surface area contributed by atoms with Crippen molar-refractivity contribution in [2.45, 2.75) is 270 Å². The summed E-state index contributed by atoms with van der Waals surface area (Å²) in [5.41, 5.74) is 0. The number of allylic oxidation sites excluding steroid dienone is 22. The number of carbonyl (C=O) groups is 3. The van der Waals surface area contributed by atoms with Crippen molar-refractivity contribution >= 4 is 33.6 Å². The number of ether oxygens (including phenoxy) is 3. The number of rotatable bonds is 64. The maximum Gasteiger partial charge on any atom is 0.472 e. The minimum absolute atomic E-state index is 0.0901. The van der Waals surface area contributed by atoms with Gasteiger partial charge in [-0.1, -0.05) is 257 Å². The second-order valence-corrected chi connectivity index (χ2v) is 25.5. The number of phosphoric ester groups is 2. The molecule has 0 aromatic carbocycles. The lowest BCUT2D eigenvalue weighted by Crippen LogP contribution is -2.30. The fourth-order valence-corrected chi connectivity index (χ4v) is 10.3. The van der Waals surface area contributed by atoms with E-state index in [1.54, 1.807) is 0 Å². The number of unbranched alkanes of at least 4 members (excludes halogenated alkanes) is 19. The van der Waals surface area contributed by atoms with E-state index in [1.165, 1.54) is 64.2 Å². The molecule has 0 bridgehead atoms. The summed E-state index contributed by atoms with van der Waals surface area (Å²) in [6.45, 7) is 2.34. The first kappa shape index (κ1) is 86.7. The van der Waals surface area contributed by atoms with Gasteiger partial charge in [0.2, 0.25) is 0 Å². The summed E-state index contributed by atoms with van der Waals surface area (Å²) in [5, 5.41) is 20.5. The van der Waals surface area contributed by atoms with Crippen LogP contribution in [0.3, 0.4) is 0 Å². The Labute approximate surface area is 550 Å². The predicted molar refractivity (Wildman–Crippen MR) is 371 cm³/mol. The van der Waals surface area contributed by atoms with Crippen LogP contribution in [0, 0.1) is 0 Å². The van der Waals surface area contributed by atoms with Crippen molar-refractivity contribution in [1.82, 2.24) is 0 Å². The minimum atomic E-state index is -4.94. The molecule has 4 N–H and O–H groups in total. The van der Waals surface area contributed by atoms with Crippen molar-refractivity contribution in [3.8, 4) is 0 Å². The number of hydrogen-bond acceptors (Lipinski definition) is 14. The molecule has 5 unspecified atom stereocenters. The van der Waals surface area contributed by atoms with Gasteiger partial charge in [-0.2, -0.15) is 0 Å². The monoisotopic (exact) mass is 1320 g/mol. The maximum absolute atomic E-state index is 12.9. The van der Waals surface area contributed by atoms with Gasteiger partial charge in [-0.25, -0.2) is 9.13 Å². The third-order valence-corrected chi connectivity index (χ3v) is 15.8. The molecule has 0 saturated carbocycles. The molecule has 0 fully saturated rings. The van der Waals surface area contributed by atoms with E-state index in [0.29, 0.717) is 25.7 Å². The summed E-state index contributed by atoms with van der Waals surface area (Å²) in [7, 11) is -9.80. The smallest absolute Gasteiger partial charge is 0.463 e. The lowest BCUT2D eigenvalue weighted by atomic mass is 10.0. The summed E-state index contributed by atoms with van der Waals surface area (Å²) < 4.78 is 60.8. The Morgan fingerprint density at radius 1 is 0.319 bits per heavy atom. The average Bonchev–Trinajstić information content (AvgIpc) is 3.63. The topological polar surface area (TPSA) is 231 Å². The first-order chi connectivity index (χ1) is 44.2. The van der Waals surface area contributed by atoms with Crippen LogP contribution in [0.5, 0.6) is 0 Å². The number of esters is 3. The van der Waals surface area contributed by atoms with Crippen molar-refractivity contribution in [3.05, 3.63) is 134 Å². The van der Waals surface area contributed by atoms with Crippen LogP contribution in [0.2, 0.25) is 0 Å². The van der Waals surface area contributed by atoms with E-state index in [2.05, 4.69) is 142 Å². The molecule has 16 nitrogen and oxygen atoms in total. The van der Waals surface area contributed by atoms with E-state index in [1.807, 2.05) is 12.2 Å². The van der Waals surface area contributed by atoms with E-state index in [4.69, 9.17) is 32.3 Å². The first-order valence-corrected chi connectivity index (χ1v) is 37.5. The molecule has 5 atom stereocenters. The number of aliphatic hydroxyl groups is 2. The van der Waals surface area contributed by atoms with Gasteiger partial charge in [0.1, 0.15) is 25.4 Å². The Morgan fingerprint density at radius 3 is 0.967 bits per heavy atom. The highest BCUT2D eigenvalue weighted by molar-refractivity contribution is 7.47. The van der Waals surface area contributed by atoms with Crippen LogP contribution in [0.4, 0.5) is 0 Å². The summed E-state index contributed by atoms with van der Waals surface area (Å²) in [5.74, 6) is -1.67. The molecule has 18 heteroatoms. The Bertz CT molecular complexity index is 2190. The number of aliphatic hydroxyl groups excluding tert-OH is 2. The molecule has 0 heterocycles. The largest absolute Gasteiger partial charge is 0.472 e. The summed E-state index contributed by atoms with van der Waals surface area (Å²) >= 11 is 0. The highest BCUT2D eigenvalue weighted by Crippen LogP contribution is 2.45. The van der Waals surface area contributed by atoms with Crippen molar-refractivity contribution in [2.24, 2.45) is 0 Å². The zero-order chi connectivity index (χ0) is 66.7. The number of phosphoric acid groups is 2.